The number of nitrogens with zero attached hydrogens (tertiary/aromatic N) is 4. The van der Waals surface area contributed by atoms with Crippen molar-refractivity contribution in [2.24, 2.45) is 0 Å². The first-order valence-electron chi connectivity index (χ1n) is 9.28. The van der Waals surface area contributed by atoms with Crippen molar-refractivity contribution in [2.75, 3.05) is 13.1 Å². The highest BCUT2D eigenvalue weighted by atomic mass is 19.4. The van der Waals surface area contributed by atoms with Crippen molar-refractivity contribution in [2.45, 2.75) is 24.9 Å². The molecule has 30 heavy (non-hydrogen) atoms. The molecule has 3 aromatic heterocycles. The topological polar surface area (TPSA) is 85.3 Å². The number of piperidine rings is 1. The summed E-state index contributed by atoms with van der Waals surface area (Å²) < 4.78 is 47.3. The molecule has 3 aromatic rings. The quantitative estimate of drug-likeness (QED) is 0.592. The number of hydrogen-bond acceptors (Lipinski definition) is 6. The lowest BCUT2D eigenvalue weighted by Gasteiger charge is -2.31. The third kappa shape index (κ3) is 4.42. The minimum Gasteiger partial charge on any atom is -0.465 e. The van der Waals surface area contributed by atoms with Gasteiger partial charge in [-0.2, -0.15) is 18.2 Å². The Bertz CT molecular complexity index is 1030. The minimum atomic E-state index is -4.69. The van der Waals surface area contributed by atoms with Crippen LogP contribution in [0.25, 0.3) is 17.5 Å². The normalized spacial score (nSPS) is 17.6. The van der Waals surface area contributed by atoms with E-state index in [1.165, 1.54) is 18.5 Å². The standard InChI is InChI=1S/C20H17F3N4O3/c21-20(22,23)19-25-18(26-30-19)13-5-7-16(24-11-13)14-3-1-9-27(12-14)17(28)8-6-15-4-2-10-29-15/h2,4-8,10-11,14H,1,3,9,12H2/b8-6+/t14-/m1/s1. The Hall–Kier alpha value is -3.43. The molecule has 0 N–H and O–H groups in total. The number of carbonyl (C=O) groups is 1. The molecule has 0 unspecified atom stereocenters. The molecular weight excluding hydrogens is 401 g/mol. The van der Waals surface area contributed by atoms with E-state index in [0.717, 1.165) is 18.5 Å². The first-order valence-corrected chi connectivity index (χ1v) is 9.28. The Morgan fingerprint density at radius 3 is 2.80 bits per heavy atom. The van der Waals surface area contributed by atoms with Gasteiger partial charge in [-0.1, -0.05) is 5.16 Å². The van der Waals surface area contributed by atoms with Gasteiger partial charge in [0.2, 0.25) is 11.7 Å². The van der Waals surface area contributed by atoms with E-state index >= 15 is 0 Å². The molecule has 7 nitrogen and oxygen atoms in total. The lowest BCUT2D eigenvalue weighted by atomic mass is 9.94. The highest BCUT2D eigenvalue weighted by Gasteiger charge is 2.38. The Morgan fingerprint density at radius 2 is 2.13 bits per heavy atom. The van der Waals surface area contributed by atoms with E-state index in [2.05, 4.69) is 19.6 Å². The fraction of sp³-hybridized carbons (Fsp3) is 0.300. The van der Waals surface area contributed by atoms with Gasteiger partial charge < -0.3 is 13.8 Å². The van der Waals surface area contributed by atoms with Crippen LogP contribution in [0, 0.1) is 0 Å². The summed E-state index contributed by atoms with van der Waals surface area (Å²) >= 11 is 0. The van der Waals surface area contributed by atoms with Crippen LogP contribution in [0.4, 0.5) is 13.2 Å². The molecule has 0 aromatic carbocycles. The lowest BCUT2D eigenvalue weighted by molar-refractivity contribution is -0.159. The van der Waals surface area contributed by atoms with Gasteiger partial charge in [0.25, 0.3) is 0 Å². The van der Waals surface area contributed by atoms with Crippen molar-refractivity contribution in [1.82, 2.24) is 20.0 Å². The molecule has 0 radical (unpaired) electrons. The van der Waals surface area contributed by atoms with Crippen LogP contribution in [0.1, 0.15) is 36.1 Å². The molecule has 1 amide bonds. The molecule has 1 fully saturated rings. The van der Waals surface area contributed by atoms with Gasteiger partial charge in [0, 0.05) is 42.5 Å². The summed E-state index contributed by atoms with van der Waals surface area (Å²) in [6, 6.07) is 6.83. The van der Waals surface area contributed by atoms with Gasteiger partial charge in [-0.15, -0.1) is 0 Å². The number of furan rings is 1. The summed E-state index contributed by atoms with van der Waals surface area (Å²) in [5.74, 6) is -1.05. The Labute approximate surface area is 169 Å². The second-order valence-electron chi connectivity index (χ2n) is 6.86. The molecule has 1 atom stereocenters. The lowest BCUT2D eigenvalue weighted by Crippen LogP contribution is -2.38. The number of aromatic nitrogens is 3. The first-order chi connectivity index (χ1) is 14.4. The summed E-state index contributed by atoms with van der Waals surface area (Å²) in [6.45, 7) is 1.16. The van der Waals surface area contributed by atoms with Gasteiger partial charge in [0.15, 0.2) is 0 Å². The van der Waals surface area contributed by atoms with Crippen molar-refractivity contribution in [3.05, 3.63) is 60.1 Å². The molecule has 0 spiro atoms. The SMILES string of the molecule is O=C(/C=C/c1ccco1)N1CCC[C@@H](c2ccc(-c3noc(C(F)(F)F)n3)cn2)C1. The largest absolute Gasteiger partial charge is 0.471 e. The third-order valence-electron chi connectivity index (χ3n) is 4.80. The van der Waals surface area contributed by atoms with E-state index < -0.39 is 12.1 Å². The van der Waals surface area contributed by atoms with Crippen LogP contribution in [-0.4, -0.2) is 39.0 Å². The van der Waals surface area contributed by atoms with E-state index in [1.54, 1.807) is 35.2 Å². The molecule has 0 bridgehead atoms. The third-order valence-corrected chi connectivity index (χ3v) is 4.80. The smallest absolute Gasteiger partial charge is 0.465 e. The Kier molecular flexibility index (Phi) is 5.39. The Balaban J connectivity index is 1.42. The number of pyridine rings is 1. The molecule has 0 saturated carbocycles. The summed E-state index contributed by atoms with van der Waals surface area (Å²) in [6.07, 6.45) is 3.05. The van der Waals surface area contributed by atoms with Crippen LogP contribution in [-0.2, 0) is 11.0 Å². The highest BCUT2D eigenvalue weighted by molar-refractivity contribution is 5.91. The second-order valence-corrected chi connectivity index (χ2v) is 6.86. The number of rotatable bonds is 4. The summed E-state index contributed by atoms with van der Waals surface area (Å²) in [5.41, 5.74) is 1.08. The predicted molar refractivity (Wildman–Crippen MR) is 98.8 cm³/mol. The van der Waals surface area contributed by atoms with Gasteiger partial charge in [-0.3, -0.25) is 9.78 Å². The zero-order valence-corrected chi connectivity index (χ0v) is 15.7. The fourth-order valence-electron chi connectivity index (χ4n) is 3.30. The second kappa shape index (κ2) is 8.13. The van der Waals surface area contributed by atoms with E-state index in [0.29, 0.717) is 24.4 Å². The molecule has 1 aliphatic heterocycles. The van der Waals surface area contributed by atoms with Gasteiger partial charge in [0.1, 0.15) is 5.76 Å². The molecule has 4 heterocycles. The first kappa shape index (κ1) is 19.9. The van der Waals surface area contributed by atoms with Crippen LogP contribution in [0.3, 0.4) is 0 Å². The number of halogens is 3. The zero-order valence-electron chi connectivity index (χ0n) is 15.7. The summed E-state index contributed by atoms with van der Waals surface area (Å²) in [5, 5.41) is 3.36. The van der Waals surface area contributed by atoms with Crippen molar-refractivity contribution in [3.8, 4) is 11.4 Å². The highest BCUT2D eigenvalue weighted by Crippen LogP contribution is 2.30. The molecular formula is C20H17F3N4O3. The van der Waals surface area contributed by atoms with E-state index in [1.807, 2.05) is 0 Å². The summed E-state index contributed by atoms with van der Waals surface area (Å²) in [7, 11) is 0. The number of likely N-dealkylation sites (tertiary alicyclic amines) is 1. The van der Waals surface area contributed by atoms with Crippen LogP contribution in [0.2, 0.25) is 0 Å². The average Bonchev–Trinajstić information content (AvgIpc) is 3.44. The van der Waals surface area contributed by atoms with Crippen molar-refractivity contribution < 1.29 is 26.9 Å². The van der Waals surface area contributed by atoms with Crippen molar-refractivity contribution in [1.29, 1.82) is 0 Å². The van der Waals surface area contributed by atoms with Crippen LogP contribution in [0.5, 0.6) is 0 Å². The maximum absolute atomic E-state index is 12.6. The summed E-state index contributed by atoms with van der Waals surface area (Å²) in [4.78, 5) is 21.9. The van der Waals surface area contributed by atoms with E-state index in [9.17, 15) is 18.0 Å². The predicted octanol–water partition coefficient (Wildman–Crippen LogP) is 4.16. The van der Waals surface area contributed by atoms with E-state index in [-0.39, 0.29) is 17.6 Å². The number of hydrogen-bond donors (Lipinski definition) is 0. The minimum absolute atomic E-state index is 0.0322. The molecule has 1 saturated heterocycles. The van der Waals surface area contributed by atoms with E-state index in [4.69, 9.17) is 4.42 Å². The van der Waals surface area contributed by atoms with Crippen LogP contribution in [0.15, 0.2) is 51.7 Å². The van der Waals surface area contributed by atoms with Crippen molar-refractivity contribution >= 4 is 12.0 Å². The molecule has 0 aliphatic carbocycles. The van der Waals surface area contributed by atoms with Crippen molar-refractivity contribution in [3.63, 3.8) is 0 Å². The molecule has 1 aliphatic rings. The van der Waals surface area contributed by atoms with Gasteiger partial charge in [0.05, 0.1) is 6.26 Å². The maximum Gasteiger partial charge on any atom is 0.471 e. The zero-order chi connectivity index (χ0) is 21.1. The number of carbonyl (C=O) groups excluding carboxylic acids is 1. The van der Waals surface area contributed by atoms with Gasteiger partial charge in [-0.05, 0) is 43.2 Å². The maximum atomic E-state index is 12.6. The molecule has 4 rings (SSSR count). The number of alkyl halides is 3. The van der Waals surface area contributed by atoms with Crippen LogP contribution < -0.4 is 0 Å². The monoisotopic (exact) mass is 418 g/mol. The Morgan fingerprint density at radius 1 is 1.27 bits per heavy atom. The fourth-order valence-corrected chi connectivity index (χ4v) is 3.30. The van der Waals surface area contributed by atoms with Crippen LogP contribution >= 0.6 is 0 Å². The molecule has 156 valence electrons. The number of amides is 1. The average molecular weight is 418 g/mol. The van der Waals surface area contributed by atoms with Gasteiger partial charge in [-0.25, -0.2) is 0 Å². The van der Waals surface area contributed by atoms with Gasteiger partial charge >= 0.3 is 12.1 Å². The molecule has 10 heteroatoms.